The van der Waals surface area contributed by atoms with Crippen molar-refractivity contribution in [3.63, 3.8) is 0 Å². The van der Waals surface area contributed by atoms with Crippen molar-refractivity contribution < 1.29 is 19.6 Å². The van der Waals surface area contributed by atoms with E-state index < -0.39 is 10.9 Å². The molecule has 0 aliphatic carbocycles. The Labute approximate surface area is 103 Å². The maximum absolute atomic E-state index is 11.2. The van der Waals surface area contributed by atoms with Crippen LogP contribution in [0.25, 0.3) is 0 Å². The van der Waals surface area contributed by atoms with E-state index in [0.717, 1.165) is 0 Å². The zero-order chi connectivity index (χ0) is 13.1. The molecule has 1 heterocycles. The Morgan fingerprint density at radius 1 is 1.39 bits per heavy atom. The minimum atomic E-state index is -1.29. The van der Waals surface area contributed by atoms with E-state index in [4.69, 9.17) is 9.84 Å². The number of ether oxygens (including phenoxy) is 1. The number of carboxylic acid groups (broad SMARTS) is 1. The van der Waals surface area contributed by atoms with Crippen LogP contribution in [-0.2, 0) is 4.74 Å². The number of nitro benzene ring substituents is 1. The van der Waals surface area contributed by atoms with Crippen LogP contribution < -0.4 is 4.90 Å². The quantitative estimate of drug-likeness (QED) is 0.640. The predicted molar refractivity (Wildman–Crippen MR) is 63.1 cm³/mol. The van der Waals surface area contributed by atoms with Gasteiger partial charge in [0.1, 0.15) is 0 Å². The summed E-state index contributed by atoms with van der Waals surface area (Å²) in [4.78, 5) is 23.2. The number of aromatic carboxylic acids is 1. The van der Waals surface area contributed by atoms with Crippen molar-refractivity contribution in [2.45, 2.75) is 0 Å². The van der Waals surface area contributed by atoms with Gasteiger partial charge in [-0.05, 0) is 6.07 Å². The van der Waals surface area contributed by atoms with Crippen molar-refractivity contribution in [1.29, 1.82) is 0 Å². The van der Waals surface area contributed by atoms with Gasteiger partial charge in [-0.25, -0.2) is 4.79 Å². The lowest BCUT2D eigenvalue weighted by Gasteiger charge is -2.29. The summed E-state index contributed by atoms with van der Waals surface area (Å²) >= 11 is 0. The summed E-state index contributed by atoms with van der Waals surface area (Å²) < 4.78 is 5.18. The van der Waals surface area contributed by atoms with Crippen LogP contribution in [-0.4, -0.2) is 42.3 Å². The fourth-order valence-electron chi connectivity index (χ4n) is 1.97. The molecule has 1 aromatic rings. The van der Waals surface area contributed by atoms with Gasteiger partial charge in [-0.3, -0.25) is 10.1 Å². The third-order valence-electron chi connectivity index (χ3n) is 2.78. The van der Waals surface area contributed by atoms with E-state index in [0.29, 0.717) is 32.0 Å². The molecule has 7 heteroatoms. The Bertz CT molecular complexity index is 482. The molecule has 0 atom stereocenters. The molecule has 1 saturated heterocycles. The van der Waals surface area contributed by atoms with Gasteiger partial charge in [-0.15, -0.1) is 0 Å². The first kappa shape index (κ1) is 12.3. The normalized spacial score (nSPS) is 15.4. The fourth-order valence-corrected chi connectivity index (χ4v) is 1.97. The standard InChI is InChI=1S/C11H12N2O5/c14-11(15)10-8(12-4-6-18-7-5-12)2-1-3-9(10)13(16)17/h1-3H,4-7H2,(H,14,15). The van der Waals surface area contributed by atoms with Gasteiger partial charge in [-0.1, -0.05) is 6.07 Å². The van der Waals surface area contributed by atoms with Gasteiger partial charge >= 0.3 is 5.97 Å². The van der Waals surface area contributed by atoms with Crippen LogP contribution in [0.4, 0.5) is 11.4 Å². The van der Waals surface area contributed by atoms with Crippen molar-refractivity contribution in [3.8, 4) is 0 Å². The van der Waals surface area contributed by atoms with Crippen LogP contribution >= 0.6 is 0 Å². The summed E-state index contributed by atoms with van der Waals surface area (Å²) in [7, 11) is 0. The minimum Gasteiger partial charge on any atom is -0.477 e. The van der Waals surface area contributed by atoms with E-state index in [1.165, 1.54) is 12.1 Å². The zero-order valence-corrected chi connectivity index (χ0v) is 9.54. The monoisotopic (exact) mass is 252 g/mol. The van der Waals surface area contributed by atoms with E-state index in [2.05, 4.69) is 0 Å². The topological polar surface area (TPSA) is 92.9 Å². The van der Waals surface area contributed by atoms with Crippen molar-refractivity contribution in [2.75, 3.05) is 31.2 Å². The largest absolute Gasteiger partial charge is 0.477 e. The first-order valence-corrected chi connectivity index (χ1v) is 5.44. The molecule has 0 unspecified atom stereocenters. The molecule has 1 fully saturated rings. The Morgan fingerprint density at radius 3 is 2.61 bits per heavy atom. The van der Waals surface area contributed by atoms with E-state index in [1.807, 2.05) is 0 Å². The number of hydrogen-bond donors (Lipinski definition) is 1. The van der Waals surface area contributed by atoms with E-state index in [-0.39, 0.29) is 11.3 Å². The summed E-state index contributed by atoms with van der Waals surface area (Å²) in [6, 6.07) is 4.28. The molecule has 1 aromatic carbocycles. The molecular weight excluding hydrogens is 240 g/mol. The second-order valence-electron chi connectivity index (χ2n) is 3.83. The number of carbonyl (C=O) groups is 1. The molecule has 18 heavy (non-hydrogen) atoms. The highest BCUT2D eigenvalue weighted by Crippen LogP contribution is 2.29. The zero-order valence-electron chi connectivity index (χ0n) is 9.54. The maximum atomic E-state index is 11.2. The molecule has 1 aliphatic heterocycles. The van der Waals surface area contributed by atoms with Gasteiger partial charge in [0.2, 0.25) is 0 Å². The number of morpholine rings is 1. The Morgan fingerprint density at radius 2 is 2.06 bits per heavy atom. The van der Waals surface area contributed by atoms with Gasteiger partial charge < -0.3 is 14.7 Å². The first-order valence-electron chi connectivity index (χ1n) is 5.44. The highest BCUT2D eigenvalue weighted by atomic mass is 16.6. The van der Waals surface area contributed by atoms with E-state index >= 15 is 0 Å². The van der Waals surface area contributed by atoms with Crippen molar-refractivity contribution in [3.05, 3.63) is 33.9 Å². The number of carboxylic acids is 1. The third kappa shape index (κ3) is 2.25. The molecular formula is C11H12N2O5. The molecule has 0 aromatic heterocycles. The van der Waals surface area contributed by atoms with Crippen LogP contribution in [0.2, 0.25) is 0 Å². The van der Waals surface area contributed by atoms with Crippen molar-refractivity contribution >= 4 is 17.3 Å². The highest BCUT2D eigenvalue weighted by molar-refractivity contribution is 5.99. The van der Waals surface area contributed by atoms with Gasteiger partial charge in [0, 0.05) is 19.2 Å². The molecule has 0 bridgehead atoms. The van der Waals surface area contributed by atoms with Gasteiger partial charge in [0.05, 0.1) is 23.8 Å². The molecule has 1 N–H and O–H groups in total. The Hall–Kier alpha value is -2.15. The van der Waals surface area contributed by atoms with Crippen molar-refractivity contribution in [1.82, 2.24) is 0 Å². The van der Waals surface area contributed by atoms with Gasteiger partial charge in [0.15, 0.2) is 5.56 Å². The van der Waals surface area contributed by atoms with Crippen LogP contribution in [0.5, 0.6) is 0 Å². The molecule has 0 saturated carbocycles. The number of anilines is 1. The minimum absolute atomic E-state index is 0.260. The van der Waals surface area contributed by atoms with E-state index in [1.54, 1.807) is 11.0 Å². The van der Waals surface area contributed by atoms with Crippen LogP contribution in [0, 0.1) is 10.1 Å². The summed E-state index contributed by atoms with van der Waals surface area (Å²) in [5.41, 5.74) is -0.268. The summed E-state index contributed by atoms with van der Waals surface area (Å²) in [5.74, 6) is -1.29. The smallest absolute Gasteiger partial charge is 0.344 e. The van der Waals surface area contributed by atoms with Crippen LogP contribution in [0.1, 0.15) is 10.4 Å². The molecule has 0 amide bonds. The highest BCUT2D eigenvalue weighted by Gasteiger charge is 2.27. The molecule has 1 aliphatic rings. The third-order valence-corrected chi connectivity index (χ3v) is 2.78. The average Bonchev–Trinajstić information content (AvgIpc) is 2.38. The number of nitro groups is 1. The number of hydrogen-bond acceptors (Lipinski definition) is 5. The molecule has 2 rings (SSSR count). The van der Waals surface area contributed by atoms with Crippen LogP contribution in [0.15, 0.2) is 18.2 Å². The number of rotatable bonds is 3. The second-order valence-corrected chi connectivity index (χ2v) is 3.83. The number of nitrogens with zero attached hydrogens (tertiary/aromatic N) is 2. The summed E-state index contributed by atoms with van der Waals surface area (Å²) in [6.07, 6.45) is 0. The molecule has 96 valence electrons. The molecule has 7 nitrogen and oxygen atoms in total. The lowest BCUT2D eigenvalue weighted by molar-refractivity contribution is -0.385. The first-order chi connectivity index (χ1) is 8.61. The average molecular weight is 252 g/mol. The Balaban J connectivity index is 2.48. The summed E-state index contributed by atoms with van der Waals surface area (Å²) in [5, 5.41) is 20.0. The lowest BCUT2D eigenvalue weighted by Crippen LogP contribution is -2.37. The van der Waals surface area contributed by atoms with E-state index in [9.17, 15) is 14.9 Å². The SMILES string of the molecule is O=C(O)c1c(N2CCOCC2)cccc1[N+](=O)[O-]. The molecule has 0 spiro atoms. The second kappa shape index (κ2) is 5.01. The predicted octanol–water partition coefficient (Wildman–Crippen LogP) is 1.13. The maximum Gasteiger partial charge on any atom is 0.344 e. The van der Waals surface area contributed by atoms with Crippen molar-refractivity contribution in [2.24, 2.45) is 0 Å². The van der Waals surface area contributed by atoms with Gasteiger partial charge in [0.25, 0.3) is 5.69 Å². The summed E-state index contributed by atoms with van der Waals surface area (Å²) in [6.45, 7) is 2.03. The van der Waals surface area contributed by atoms with Crippen LogP contribution in [0.3, 0.4) is 0 Å². The number of benzene rings is 1. The lowest BCUT2D eigenvalue weighted by atomic mass is 10.1. The Kier molecular flexibility index (Phi) is 3.42. The molecule has 0 radical (unpaired) electrons. The van der Waals surface area contributed by atoms with Gasteiger partial charge in [-0.2, -0.15) is 0 Å². The fraction of sp³-hybridized carbons (Fsp3) is 0.364.